The SMILES string of the molecule is CC(C)[C@@H]1CC[C@@H](C)C[C@H]1OC(=O)[C@H]1C(=O)CC(=O)C[C@@H]1C. The highest BCUT2D eigenvalue weighted by Crippen LogP contribution is 2.36. The Bertz CT molecular complexity index is 454. The molecular formula is C18H28O4. The smallest absolute Gasteiger partial charge is 0.317 e. The van der Waals surface area contributed by atoms with Crippen LogP contribution in [0.4, 0.5) is 0 Å². The summed E-state index contributed by atoms with van der Waals surface area (Å²) in [5.74, 6) is -0.333. The first kappa shape index (κ1) is 17.2. The highest BCUT2D eigenvalue weighted by molar-refractivity contribution is 6.10. The Labute approximate surface area is 133 Å². The van der Waals surface area contributed by atoms with Crippen molar-refractivity contribution in [3.63, 3.8) is 0 Å². The maximum atomic E-state index is 12.5. The van der Waals surface area contributed by atoms with Gasteiger partial charge in [0.05, 0.1) is 6.42 Å². The van der Waals surface area contributed by atoms with Crippen molar-refractivity contribution < 1.29 is 19.1 Å². The van der Waals surface area contributed by atoms with Crippen molar-refractivity contribution in [2.24, 2.45) is 29.6 Å². The van der Waals surface area contributed by atoms with Crippen LogP contribution in [0, 0.1) is 29.6 Å². The standard InChI is InChI=1S/C18H28O4/c1-10(2)14-6-5-11(3)7-16(14)22-18(21)17-12(4)8-13(19)9-15(17)20/h10-12,14,16-17H,5-9H2,1-4H3/t11-,12+,14+,16-,17-/m1/s1. The van der Waals surface area contributed by atoms with Gasteiger partial charge in [-0.1, -0.05) is 34.1 Å². The predicted molar refractivity (Wildman–Crippen MR) is 83.1 cm³/mol. The van der Waals surface area contributed by atoms with Crippen LogP contribution in [0.15, 0.2) is 0 Å². The molecule has 0 amide bonds. The summed E-state index contributed by atoms with van der Waals surface area (Å²) in [4.78, 5) is 36.0. The van der Waals surface area contributed by atoms with Crippen LogP contribution in [0.3, 0.4) is 0 Å². The predicted octanol–water partition coefficient (Wildman–Crippen LogP) is 3.17. The van der Waals surface area contributed by atoms with Gasteiger partial charge in [0.2, 0.25) is 0 Å². The van der Waals surface area contributed by atoms with Crippen LogP contribution in [-0.2, 0) is 19.1 Å². The Hall–Kier alpha value is -1.19. The lowest BCUT2D eigenvalue weighted by molar-refractivity contribution is -0.166. The first-order valence-corrected chi connectivity index (χ1v) is 8.54. The molecular weight excluding hydrogens is 280 g/mol. The second-order valence-electron chi connectivity index (χ2n) is 7.64. The second kappa shape index (κ2) is 6.93. The van der Waals surface area contributed by atoms with E-state index in [0.717, 1.165) is 12.8 Å². The number of hydrogen-bond donors (Lipinski definition) is 0. The van der Waals surface area contributed by atoms with E-state index in [9.17, 15) is 14.4 Å². The van der Waals surface area contributed by atoms with Crippen molar-refractivity contribution in [2.75, 3.05) is 0 Å². The van der Waals surface area contributed by atoms with Crippen LogP contribution in [0.25, 0.3) is 0 Å². The fourth-order valence-electron chi connectivity index (χ4n) is 4.01. The molecule has 0 spiro atoms. The van der Waals surface area contributed by atoms with Crippen LogP contribution in [0.1, 0.15) is 59.8 Å². The van der Waals surface area contributed by atoms with E-state index >= 15 is 0 Å². The molecule has 0 saturated heterocycles. The van der Waals surface area contributed by atoms with Crippen LogP contribution < -0.4 is 0 Å². The molecule has 2 rings (SSSR count). The average molecular weight is 308 g/mol. The Morgan fingerprint density at radius 1 is 1.18 bits per heavy atom. The fraction of sp³-hybridized carbons (Fsp3) is 0.833. The number of ether oxygens (including phenoxy) is 1. The number of carbonyl (C=O) groups excluding carboxylic acids is 3. The third kappa shape index (κ3) is 3.76. The second-order valence-corrected chi connectivity index (χ2v) is 7.64. The van der Waals surface area contributed by atoms with E-state index in [4.69, 9.17) is 4.74 Å². The van der Waals surface area contributed by atoms with Crippen molar-refractivity contribution in [1.29, 1.82) is 0 Å². The van der Waals surface area contributed by atoms with Crippen LogP contribution in [-0.4, -0.2) is 23.6 Å². The van der Waals surface area contributed by atoms with Gasteiger partial charge in [-0.2, -0.15) is 0 Å². The molecule has 0 aromatic rings. The normalized spacial score (nSPS) is 36.5. The zero-order valence-corrected chi connectivity index (χ0v) is 14.1. The Kier molecular flexibility index (Phi) is 5.41. The molecule has 0 N–H and O–H groups in total. The first-order chi connectivity index (χ1) is 10.3. The molecule has 2 saturated carbocycles. The maximum Gasteiger partial charge on any atom is 0.317 e. The van der Waals surface area contributed by atoms with Gasteiger partial charge in [0.15, 0.2) is 5.78 Å². The molecule has 0 bridgehead atoms. The van der Waals surface area contributed by atoms with Crippen LogP contribution in [0.2, 0.25) is 0 Å². The maximum absolute atomic E-state index is 12.5. The van der Waals surface area contributed by atoms with Crippen molar-refractivity contribution >= 4 is 17.5 Å². The molecule has 0 aromatic heterocycles. The van der Waals surface area contributed by atoms with Crippen LogP contribution in [0.5, 0.6) is 0 Å². The zero-order chi connectivity index (χ0) is 16.4. The molecule has 2 aliphatic rings. The number of esters is 1. The van der Waals surface area contributed by atoms with Crippen molar-refractivity contribution in [2.45, 2.75) is 65.9 Å². The summed E-state index contributed by atoms with van der Waals surface area (Å²) in [6.45, 7) is 8.30. The molecule has 0 heterocycles. The lowest BCUT2D eigenvalue weighted by atomic mass is 9.75. The minimum absolute atomic E-state index is 0.0621. The van der Waals surface area contributed by atoms with E-state index in [-0.39, 0.29) is 30.0 Å². The summed E-state index contributed by atoms with van der Waals surface area (Å²) in [6.07, 6.45) is 3.23. The van der Waals surface area contributed by atoms with Crippen LogP contribution >= 0.6 is 0 Å². The molecule has 2 fully saturated rings. The third-order valence-electron chi connectivity index (χ3n) is 5.32. The molecule has 2 aliphatic carbocycles. The highest BCUT2D eigenvalue weighted by Gasteiger charge is 2.42. The van der Waals surface area contributed by atoms with Crippen molar-refractivity contribution in [1.82, 2.24) is 0 Å². The van der Waals surface area contributed by atoms with Gasteiger partial charge in [-0.3, -0.25) is 14.4 Å². The minimum atomic E-state index is -0.747. The fourth-order valence-corrected chi connectivity index (χ4v) is 4.01. The Morgan fingerprint density at radius 3 is 2.45 bits per heavy atom. The summed E-state index contributed by atoms with van der Waals surface area (Å²) in [5, 5.41) is 0. The van der Waals surface area contributed by atoms with E-state index in [0.29, 0.717) is 24.2 Å². The first-order valence-electron chi connectivity index (χ1n) is 8.54. The zero-order valence-electron chi connectivity index (χ0n) is 14.1. The lowest BCUT2D eigenvalue weighted by Crippen LogP contribution is -2.42. The van der Waals surface area contributed by atoms with Gasteiger partial charge in [0, 0.05) is 6.42 Å². The van der Waals surface area contributed by atoms with Crippen molar-refractivity contribution in [3.05, 3.63) is 0 Å². The van der Waals surface area contributed by atoms with Crippen molar-refractivity contribution in [3.8, 4) is 0 Å². The summed E-state index contributed by atoms with van der Waals surface area (Å²) in [6, 6.07) is 0. The van der Waals surface area contributed by atoms with E-state index in [1.165, 1.54) is 6.42 Å². The number of rotatable bonds is 3. The number of ketones is 2. The highest BCUT2D eigenvalue weighted by atomic mass is 16.5. The van der Waals surface area contributed by atoms with E-state index in [1.807, 2.05) is 0 Å². The van der Waals surface area contributed by atoms with Gasteiger partial charge < -0.3 is 4.74 Å². The monoisotopic (exact) mass is 308 g/mol. The molecule has 4 heteroatoms. The van der Waals surface area contributed by atoms with E-state index < -0.39 is 11.9 Å². The Morgan fingerprint density at radius 2 is 1.86 bits per heavy atom. The van der Waals surface area contributed by atoms with Gasteiger partial charge in [-0.05, 0) is 36.5 Å². The molecule has 22 heavy (non-hydrogen) atoms. The van der Waals surface area contributed by atoms with Gasteiger partial charge >= 0.3 is 5.97 Å². The van der Waals surface area contributed by atoms with E-state index in [2.05, 4.69) is 20.8 Å². The molecule has 0 unspecified atom stereocenters. The number of hydrogen-bond acceptors (Lipinski definition) is 4. The number of Topliss-reactive ketones (excluding diaryl/α,β-unsaturated/α-hetero) is 2. The molecule has 0 aromatic carbocycles. The average Bonchev–Trinajstić information content (AvgIpc) is 2.36. The summed E-state index contributed by atoms with van der Waals surface area (Å²) >= 11 is 0. The van der Waals surface area contributed by atoms with Gasteiger partial charge in [-0.15, -0.1) is 0 Å². The molecule has 0 radical (unpaired) electrons. The summed E-state index contributed by atoms with van der Waals surface area (Å²) in [7, 11) is 0. The Balaban J connectivity index is 2.05. The lowest BCUT2D eigenvalue weighted by Gasteiger charge is -2.38. The molecule has 4 nitrogen and oxygen atoms in total. The summed E-state index contributed by atoms with van der Waals surface area (Å²) < 4.78 is 5.78. The molecule has 124 valence electrons. The molecule has 0 aliphatic heterocycles. The third-order valence-corrected chi connectivity index (χ3v) is 5.32. The summed E-state index contributed by atoms with van der Waals surface area (Å²) in [5.41, 5.74) is 0. The molecule has 5 atom stereocenters. The van der Waals surface area contributed by atoms with Gasteiger partial charge in [-0.25, -0.2) is 0 Å². The van der Waals surface area contributed by atoms with E-state index in [1.54, 1.807) is 6.92 Å². The number of carbonyl (C=O) groups is 3. The minimum Gasteiger partial charge on any atom is -0.462 e. The quantitative estimate of drug-likeness (QED) is 0.593. The largest absolute Gasteiger partial charge is 0.462 e. The van der Waals surface area contributed by atoms with Gasteiger partial charge in [0.1, 0.15) is 17.8 Å². The van der Waals surface area contributed by atoms with Gasteiger partial charge in [0.25, 0.3) is 0 Å². The topological polar surface area (TPSA) is 60.4 Å².